The highest BCUT2D eigenvalue weighted by atomic mass is 19.1. The second-order valence-corrected chi connectivity index (χ2v) is 4.65. The number of ether oxygens (including phenoxy) is 1. The molecule has 0 radical (unpaired) electrons. The number of carbonyl (C=O) groups is 1. The van der Waals surface area contributed by atoms with E-state index in [0.29, 0.717) is 24.2 Å². The first kappa shape index (κ1) is 12.6. The van der Waals surface area contributed by atoms with Crippen LogP contribution in [-0.4, -0.2) is 17.2 Å². The van der Waals surface area contributed by atoms with Crippen LogP contribution >= 0.6 is 0 Å². The number of aliphatic carboxylic acids is 1. The van der Waals surface area contributed by atoms with Crippen LogP contribution in [0, 0.1) is 5.82 Å². The van der Waals surface area contributed by atoms with Crippen LogP contribution in [0.3, 0.4) is 0 Å². The minimum absolute atomic E-state index is 0.268. The van der Waals surface area contributed by atoms with Crippen LogP contribution in [-0.2, 0) is 10.2 Å². The lowest BCUT2D eigenvalue weighted by molar-refractivity contribution is -0.145. The van der Waals surface area contributed by atoms with Crippen molar-refractivity contribution in [2.45, 2.75) is 31.3 Å². The molecule has 1 N–H and O–H groups in total. The van der Waals surface area contributed by atoms with Gasteiger partial charge >= 0.3 is 5.97 Å². The minimum atomic E-state index is -1.07. The molecule has 4 heteroatoms. The lowest BCUT2D eigenvalue weighted by Gasteiger charge is -2.37. The number of hydrogen-bond donors (Lipinski definition) is 1. The molecule has 2 atom stereocenters. The quantitative estimate of drug-likeness (QED) is 0.839. The molecule has 0 saturated carbocycles. The van der Waals surface area contributed by atoms with Gasteiger partial charge in [-0.05, 0) is 19.4 Å². The van der Waals surface area contributed by atoms with E-state index >= 15 is 0 Å². The van der Waals surface area contributed by atoms with Crippen molar-refractivity contribution >= 4 is 5.97 Å². The van der Waals surface area contributed by atoms with Crippen molar-refractivity contribution in [1.29, 1.82) is 0 Å². The topological polar surface area (TPSA) is 46.5 Å². The van der Waals surface area contributed by atoms with Crippen molar-refractivity contribution < 1.29 is 19.0 Å². The Labute approximate surface area is 105 Å². The van der Waals surface area contributed by atoms with E-state index in [9.17, 15) is 14.3 Å². The van der Waals surface area contributed by atoms with Gasteiger partial charge in [-0.25, -0.2) is 4.39 Å². The van der Waals surface area contributed by atoms with E-state index < -0.39 is 17.2 Å². The standard InChI is InChI=1S/C14H15FO3/c1-3-6-14(13(16)17)8-9(2)18-12-7-10(15)4-5-11(12)14/h3-5,7,9H,1,6,8H2,2H3,(H,16,17)/t9-,14-/m1/s1. The van der Waals surface area contributed by atoms with E-state index in [0.717, 1.165) is 0 Å². The summed E-state index contributed by atoms with van der Waals surface area (Å²) in [7, 11) is 0. The molecule has 0 spiro atoms. The number of carboxylic acids is 1. The monoisotopic (exact) mass is 250 g/mol. The van der Waals surface area contributed by atoms with Gasteiger partial charge in [0.25, 0.3) is 0 Å². The second-order valence-electron chi connectivity index (χ2n) is 4.65. The average Bonchev–Trinajstić information content (AvgIpc) is 2.27. The molecule has 18 heavy (non-hydrogen) atoms. The van der Waals surface area contributed by atoms with Gasteiger partial charge < -0.3 is 9.84 Å². The number of benzene rings is 1. The molecule has 1 aliphatic heterocycles. The molecule has 3 nitrogen and oxygen atoms in total. The Morgan fingerprint density at radius 3 is 3.06 bits per heavy atom. The summed E-state index contributed by atoms with van der Waals surface area (Å²) in [5.74, 6) is -1.04. The molecule has 1 aromatic rings. The lowest BCUT2D eigenvalue weighted by Crippen LogP contribution is -2.43. The highest BCUT2D eigenvalue weighted by molar-refractivity contribution is 5.83. The smallest absolute Gasteiger partial charge is 0.314 e. The van der Waals surface area contributed by atoms with Crippen molar-refractivity contribution in [3.05, 3.63) is 42.2 Å². The number of rotatable bonds is 3. The van der Waals surface area contributed by atoms with Gasteiger partial charge in [-0.1, -0.05) is 12.1 Å². The van der Waals surface area contributed by atoms with E-state index in [1.165, 1.54) is 18.2 Å². The summed E-state index contributed by atoms with van der Waals surface area (Å²) >= 11 is 0. The third-order valence-electron chi connectivity index (χ3n) is 3.33. The van der Waals surface area contributed by atoms with Crippen molar-refractivity contribution in [2.24, 2.45) is 0 Å². The normalized spacial score (nSPS) is 26.0. The van der Waals surface area contributed by atoms with E-state index in [4.69, 9.17) is 4.74 Å². The molecule has 0 aliphatic carbocycles. The summed E-state index contributed by atoms with van der Waals surface area (Å²) in [6, 6.07) is 4.00. The van der Waals surface area contributed by atoms with E-state index in [2.05, 4.69) is 6.58 Å². The zero-order valence-electron chi connectivity index (χ0n) is 10.1. The zero-order valence-corrected chi connectivity index (χ0v) is 10.1. The van der Waals surface area contributed by atoms with Gasteiger partial charge in [-0.3, -0.25) is 4.79 Å². The van der Waals surface area contributed by atoms with Crippen molar-refractivity contribution in [1.82, 2.24) is 0 Å². The third kappa shape index (κ3) is 1.88. The van der Waals surface area contributed by atoms with Gasteiger partial charge in [0.15, 0.2) is 0 Å². The molecule has 1 heterocycles. The van der Waals surface area contributed by atoms with Crippen LogP contribution in [0.15, 0.2) is 30.9 Å². The minimum Gasteiger partial charge on any atom is -0.490 e. The summed E-state index contributed by atoms with van der Waals surface area (Å²) in [5.41, 5.74) is -0.544. The molecule has 1 aliphatic rings. The molecule has 1 aromatic carbocycles. The Bertz CT molecular complexity index is 498. The maximum Gasteiger partial charge on any atom is 0.314 e. The Hall–Kier alpha value is -1.84. The molecule has 0 fully saturated rings. The van der Waals surface area contributed by atoms with Crippen molar-refractivity contribution in [3.63, 3.8) is 0 Å². The molecule has 0 bridgehead atoms. The highest BCUT2D eigenvalue weighted by Crippen LogP contribution is 2.44. The Balaban J connectivity index is 2.62. The van der Waals surface area contributed by atoms with Gasteiger partial charge in [0.2, 0.25) is 0 Å². The number of hydrogen-bond acceptors (Lipinski definition) is 2. The van der Waals surface area contributed by atoms with Crippen LogP contribution in [0.1, 0.15) is 25.3 Å². The van der Waals surface area contributed by atoms with Gasteiger partial charge in [-0.15, -0.1) is 6.58 Å². The van der Waals surface area contributed by atoms with Crippen LogP contribution in [0.25, 0.3) is 0 Å². The summed E-state index contributed by atoms with van der Waals surface area (Å²) < 4.78 is 18.7. The fraction of sp³-hybridized carbons (Fsp3) is 0.357. The largest absolute Gasteiger partial charge is 0.490 e. The molecular weight excluding hydrogens is 235 g/mol. The van der Waals surface area contributed by atoms with Crippen LogP contribution < -0.4 is 4.74 Å². The van der Waals surface area contributed by atoms with Crippen molar-refractivity contribution in [2.75, 3.05) is 0 Å². The molecule has 96 valence electrons. The second kappa shape index (κ2) is 4.44. The Kier molecular flexibility index (Phi) is 3.11. The third-order valence-corrected chi connectivity index (χ3v) is 3.33. The fourth-order valence-corrected chi connectivity index (χ4v) is 2.58. The Morgan fingerprint density at radius 1 is 1.72 bits per heavy atom. The lowest BCUT2D eigenvalue weighted by atomic mass is 9.72. The Morgan fingerprint density at radius 2 is 2.44 bits per heavy atom. The van der Waals surface area contributed by atoms with E-state index in [1.807, 2.05) is 0 Å². The molecule has 2 rings (SSSR count). The fourth-order valence-electron chi connectivity index (χ4n) is 2.58. The first-order valence-electron chi connectivity index (χ1n) is 5.80. The number of fused-ring (bicyclic) bond motifs is 1. The maximum atomic E-state index is 13.2. The number of halogens is 1. The van der Waals surface area contributed by atoms with Crippen molar-refractivity contribution in [3.8, 4) is 5.75 Å². The first-order valence-corrected chi connectivity index (χ1v) is 5.80. The molecule has 0 unspecified atom stereocenters. The first-order chi connectivity index (χ1) is 8.49. The predicted octanol–water partition coefficient (Wildman–Crippen LogP) is 2.90. The molecule has 0 saturated heterocycles. The van der Waals surface area contributed by atoms with Crippen LogP contribution in [0.5, 0.6) is 5.75 Å². The maximum absolute atomic E-state index is 13.2. The van der Waals surface area contributed by atoms with E-state index in [-0.39, 0.29) is 6.10 Å². The van der Waals surface area contributed by atoms with Gasteiger partial charge in [0, 0.05) is 18.1 Å². The number of allylic oxidation sites excluding steroid dienone is 1. The SMILES string of the molecule is C=CC[C@@]1(C(=O)O)C[C@@H](C)Oc2cc(F)ccc21. The van der Waals surface area contributed by atoms with Crippen LogP contribution in [0.4, 0.5) is 4.39 Å². The predicted molar refractivity (Wildman–Crippen MR) is 65.2 cm³/mol. The summed E-state index contributed by atoms with van der Waals surface area (Å²) in [6.45, 7) is 5.41. The van der Waals surface area contributed by atoms with Gasteiger partial charge in [0.05, 0.1) is 6.10 Å². The summed E-state index contributed by atoms with van der Waals surface area (Å²) in [6.07, 6.45) is 1.97. The zero-order chi connectivity index (χ0) is 13.3. The number of carboxylic acid groups (broad SMARTS) is 1. The molecule has 0 amide bonds. The summed E-state index contributed by atoms with van der Waals surface area (Å²) in [4.78, 5) is 11.7. The molecular formula is C14H15FO3. The highest BCUT2D eigenvalue weighted by Gasteiger charge is 2.46. The average molecular weight is 250 g/mol. The van der Waals surface area contributed by atoms with Gasteiger partial charge in [0.1, 0.15) is 17.0 Å². The van der Waals surface area contributed by atoms with E-state index in [1.54, 1.807) is 13.0 Å². The molecule has 0 aromatic heterocycles. The van der Waals surface area contributed by atoms with Crippen LogP contribution in [0.2, 0.25) is 0 Å². The summed E-state index contributed by atoms with van der Waals surface area (Å²) in [5, 5.41) is 9.56. The van der Waals surface area contributed by atoms with Gasteiger partial charge in [-0.2, -0.15) is 0 Å².